The first-order valence-electron chi connectivity index (χ1n) is 5.06. The number of benzene rings is 1. The monoisotopic (exact) mass is 273 g/mol. The van der Waals surface area contributed by atoms with Crippen molar-refractivity contribution in [1.29, 1.82) is 0 Å². The molecule has 17 heavy (non-hydrogen) atoms. The molecule has 1 atom stereocenters. The molecule has 1 aliphatic rings. The van der Waals surface area contributed by atoms with Crippen molar-refractivity contribution in [3.05, 3.63) is 34.9 Å². The summed E-state index contributed by atoms with van der Waals surface area (Å²) in [6.45, 7) is 3.11. The molecule has 6 heteroatoms. The third-order valence-corrected chi connectivity index (χ3v) is 4.85. The molecule has 1 aromatic carbocycles. The van der Waals surface area contributed by atoms with Crippen LogP contribution in [0.1, 0.15) is 24.7 Å². The molecule has 0 aromatic heterocycles. The van der Waals surface area contributed by atoms with E-state index < -0.39 is 20.8 Å². The van der Waals surface area contributed by atoms with E-state index >= 15 is 0 Å². The molecule has 1 heterocycles. The van der Waals surface area contributed by atoms with Crippen molar-refractivity contribution in [3.8, 4) is 0 Å². The first-order valence-corrected chi connectivity index (χ1v) is 6.99. The molecular formula is C11H12ClNO3S. The Bertz CT molecular complexity index is 580. The van der Waals surface area contributed by atoms with Gasteiger partial charge in [0.25, 0.3) is 0 Å². The Balaban J connectivity index is 2.56. The van der Waals surface area contributed by atoms with Gasteiger partial charge in [-0.25, -0.2) is 13.1 Å². The van der Waals surface area contributed by atoms with Crippen LogP contribution >= 0.6 is 11.6 Å². The van der Waals surface area contributed by atoms with Crippen LogP contribution in [0.15, 0.2) is 24.3 Å². The number of hydrogen-bond acceptors (Lipinski definition) is 3. The maximum atomic E-state index is 12.1. The molecule has 1 fully saturated rings. The maximum absolute atomic E-state index is 12.1. The summed E-state index contributed by atoms with van der Waals surface area (Å²) in [6, 6.07) is 6.36. The second kappa shape index (κ2) is 3.80. The molecule has 92 valence electrons. The molecule has 0 aliphatic carbocycles. The molecule has 1 N–H and O–H groups in total. The highest BCUT2D eigenvalue weighted by molar-refractivity contribution is 7.91. The predicted molar refractivity (Wildman–Crippen MR) is 65.3 cm³/mol. The molecule has 2 rings (SSSR count). The Labute approximate surface area is 105 Å². The van der Waals surface area contributed by atoms with Crippen LogP contribution < -0.4 is 4.72 Å². The van der Waals surface area contributed by atoms with Crippen LogP contribution in [0.4, 0.5) is 0 Å². The Kier molecular flexibility index (Phi) is 2.80. The number of nitrogens with one attached hydrogen (secondary N) is 1. The summed E-state index contributed by atoms with van der Waals surface area (Å²) in [4.78, 5) is 12.1. The van der Waals surface area contributed by atoms with Gasteiger partial charge in [-0.05, 0) is 31.5 Å². The highest BCUT2D eigenvalue weighted by Crippen LogP contribution is 2.35. The van der Waals surface area contributed by atoms with E-state index in [9.17, 15) is 13.2 Å². The van der Waals surface area contributed by atoms with Gasteiger partial charge in [0.2, 0.25) is 10.0 Å². The second-order valence-corrected chi connectivity index (χ2v) is 6.77. The quantitative estimate of drug-likeness (QED) is 0.846. The minimum Gasteiger partial charge on any atom is -0.296 e. The number of Topliss-reactive ketones (excluding diaryl/α,β-unsaturated/α-hetero) is 1. The van der Waals surface area contributed by atoms with Crippen molar-refractivity contribution in [3.63, 3.8) is 0 Å². The zero-order valence-electron chi connectivity index (χ0n) is 9.40. The zero-order valence-corrected chi connectivity index (χ0v) is 11.0. The lowest BCUT2D eigenvalue weighted by Gasteiger charge is -2.13. The molecule has 0 radical (unpaired) electrons. The lowest BCUT2D eigenvalue weighted by Crippen LogP contribution is -2.39. The summed E-state index contributed by atoms with van der Waals surface area (Å²) in [7, 11) is -3.67. The van der Waals surface area contributed by atoms with Crippen LogP contribution in [-0.4, -0.2) is 19.7 Å². The van der Waals surface area contributed by atoms with Gasteiger partial charge in [0.05, 0.1) is 5.54 Å². The average Bonchev–Trinajstić information content (AvgIpc) is 2.31. The van der Waals surface area contributed by atoms with E-state index in [1.165, 1.54) is 6.07 Å². The van der Waals surface area contributed by atoms with E-state index in [0.717, 1.165) is 0 Å². The zero-order chi connectivity index (χ0) is 12.8. The van der Waals surface area contributed by atoms with Crippen LogP contribution in [0, 0.1) is 0 Å². The predicted octanol–water partition coefficient (Wildman–Crippen LogP) is 1.66. The van der Waals surface area contributed by atoms with Crippen LogP contribution in [0.2, 0.25) is 5.02 Å². The van der Waals surface area contributed by atoms with Gasteiger partial charge in [0, 0.05) is 5.02 Å². The van der Waals surface area contributed by atoms with Crippen molar-refractivity contribution >= 4 is 27.4 Å². The third kappa shape index (κ3) is 2.10. The van der Waals surface area contributed by atoms with Gasteiger partial charge < -0.3 is 0 Å². The molecule has 1 unspecified atom stereocenters. The number of halogens is 1. The van der Waals surface area contributed by atoms with Crippen molar-refractivity contribution < 1.29 is 13.2 Å². The SMILES string of the molecule is CC1(C)NS(=O)(=O)C(c2cccc(Cl)c2)C1=O. The fourth-order valence-corrected chi connectivity index (χ4v) is 4.14. The van der Waals surface area contributed by atoms with Gasteiger partial charge in [-0.1, -0.05) is 23.7 Å². The van der Waals surface area contributed by atoms with Crippen molar-refractivity contribution in [1.82, 2.24) is 4.72 Å². The van der Waals surface area contributed by atoms with E-state index in [1.807, 2.05) is 0 Å². The van der Waals surface area contributed by atoms with E-state index in [0.29, 0.717) is 10.6 Å². The molecule has 1 aliphatic heterocycles. The number of rotatable bonds is 1. The van der Waals surface area contributed by atoms with Gasteiger partial charge >= 0.3 is 0 Å². The highest BCUT2D eigenvalue weighted by atomic mass is 35.5. The Morgan fingerprint density at radius 2 is 2.00 bits per heavy atom. The fourth-order valence-electron chi connectivity index (χ4n) is 1.93. The Morgan fingerprint density at radius 1 is 1.35 bits per heavy atom. The molecule has 0 saturated carbocycles. The molecule has 4 nitrogen and oxygen atoms in total. The number of carbonyl (C=O) groups is 1. The summed E-state index contributed by atoms with van der Waals surface area (Å²) in [5.41, 5.74) is -0.660. The average molecular weight is 274 g/mol. The Hall–Kier alpha value is -0.910. The van der Waals surface area contributed by atoms with E-state index in [4.69, 9.17) is 11.6 Å². The van der Waals surface area contributed by atoms with Crippen LogP contribution in [0.5, 0.6) is 0 Å². The van der Waals surface area contributed by atoms with Crippen LogP contribution in [0.25, 0.3) is 0 Å². The lowest BCUT2D eigenvalue weighted by atomic mass is 9.95. The van der Waals surface area contributed by atoms with Crippen molar-refractivity contribution in [2.75, 3.05) is 0 Å². The molecule has 1 saturated heterocycles. The second-order valence-electron chi connectivity index (χ2n) is 4.57. The molecule has 1 aromatic rings. The van der Waals surface area contributed by atoms with Gasteiger partial charge in [-0.15, -0.1) is 0 Å². The molecule has 0 spiro atoms. The van der Waals surface area contributed by atoms with E-state index in [2.05, 4.69) is 4.72 Å². The molecule has 0 amide bonds. The minimum atomic E-state index is -3.67. The smallest absolute Gasteiger partial charge is 0.226 e. The van der Waals surface area contributed by atoms with Crippen LogP contribution in [0.3, 0.4) is 0 Å². The van der Waals surface area contributed by atoms with Crippen molar-refractivity contribution in [2.45, 2.75) is 24.6 Å². The molecule has 0 bridgehead atoms. The summed E-state index contributed by atoms with van der Waals surface area (Å²) in [6.07, 6.45) is 0. The van der Waals surface area contributed by atoms with Gasteiger partial charge in [0.1, 0.15) is 0 Å². The van der Waals surface area contributed by atoms with Gasteiger partial charge in [-0.2, -0.15) is 0 Å². The topological polar surface area (TPSA) is 63.2 Å². The number of sulfonamides is 1. The number of ketones is 1. The van der Waals surface area contributed by atoms with Crippen LogP contribution in [-0.2, 0) is 14.8 Å². The lowest BCUT2D eigenvalue weighted by molar-refractivity contribution is -0.122. The normalized spacial score (nSPS) is 26.1. The first kappa shape index (κ1) is 12.5. The number of carbonyl (C=O) groups excluding carboxylic acids is 1. The Morgan fingerprint density at radius 3 is 2.47 bits per heavy atom. The van der Waals surface area contributed by atoms with E-state index in [-0.39, 0.29) is 5.78 Å². The maximum Gasteiger partial charge on any atom is 0.226 e. The first-order chi connectivity index (χ1) is 7.74. The fraction of sp³-hybridized carbons (Fsp3) is 0.364. The summed E-state index contributed by atoms with van der Waals surface area (Å²) in [5, 5.41) is -0.758. The van der Waals surface area contributed by atoms with Gasteiger partial charge in [-0.3, -0.25) is 4.79 Å². The largest absolute Gasteiger partial charge is 0.296 e. The standard InChI is InChI=1S/C11H12ClNO3S/c1-11(2)10(14)9(17(15,16)13-11)7-4-3-5-8(12)6-7/h3-6,9,13H,1-2H3. The van der Waals surface area contributed by atoms with Crippen molar-refractivity contribution in [2.24, 2.45) is 0 Å². The minimum absolute atomic E-state index is 0.361. The highest BCUT2D eigenvalue weighted by Gasteiger charge is 2.51. The third-order valence-electron chi connectivity index (χ3n) is 2.71. The number of hydrogen-bond donors (Lipinski definition) is 1. The summed E-state index contributed by atoms with van der Waals surface area (Å²) < 4.78 is 26.2. The van der Waals surface area contributed by atoms with E-state index in [1.54, 1.807) is 32.0 Å². The summed E-state index contributed by atoms with van der Waals surface area (Å²) >= 11 is 5.81. The summed E-state index contributed by atoms with van der Waals surface area (Å²) in [5.74, 6) is -0.361. The molecular weight excluding hydrogens is 262 g/mol. The van der Waals surface area contributed by atoms with Gasteiger partial charge in [0.15, 0.2) is 11.0 Å².